The number of nitrogens with zero attached hydrogens (tertiary/aromatic N) is 1. The Hall–Kier alpha value is -1.52. The van der Waals surface area contributed by atoms with Gasteiger partial charge < -0.3 is 10.4 Å². The van der Waals surface area contributed by atoms with Gasteiger partial charge >= 0.3 is 5.97 Å². The minimum Gasteiger partial charge on any atom is -0.476 e. The molecule has 0 aliphatic rings. The number of thiazole rings is 1. The molecule has 0 atom stereocenters. The summed E-state index contributed by atoms with van der Waals surface area (Å²) in [4.78, 5) is 25.6. The highest BCUT2D eigenvalue weighted by molar-refractivity contribution is 7.89. The Kier molecular flexibility index (Phi) is 4.76. The Balaban J connectivity index is 2.53. The monoisotopic (exact) mass is 293 g/mol. The smallest absolute Gasteiger partial charge is 0.355 e. The van der Waals surface area contributed by atoms with Gasteiger partial charge in [0, 0.05) is 11.9 Å². The number of hydrogen-bond acceptors (Lipinski definition) is 6. The summed E-state index contributed by atoms with van der Waals surface area (Å²) in [5.41, 5.74) is -0.215. The number of aromatic carboxylic acids is 1. The normalized spacial score (nSPS) is 11.2. The molecule has 0 saturated heterocycles. The van der Waals surface area contributed by atoms with Crippen molar-refractivity contribution in [1.82, 2.24) is 15.0 Å². The maximum Gasteiger partial charge on any atom is 0.355 e. The average molecular weight is 293 g/mol. The van der Waals surface area contributed by atoms with Crippen molar-refractivity contribution < 1.29 is 23.1 Å². The topological polar surface area (TPSA) is 125 Å². The van der Waals surface area contributed by atoms with Crippen molar-refractivity contribution in [2.45, 2.75) is 0 Å². The number of amides is 1. The van der Waals surface area contributed by atoms with Crippen LogP contribution in [0.2, 0.25) is 0 Å². The highest BCUT2D eigenvalue weighted by Gasteiger charge is 2.15. The van der Waals surface area contributed by atoms with E-state index in [1.807, 2.05) is 0 Å². The summed E-state index contributed by atoms with van der Waals surface area (Å²) in [7, 11) is -2.11. The zero-order chi connectivity index (χ0) is 13.8. The van der Waals surface area contributed by atoms with Gasteiger partial charge in [0.15, 0.2) is 10.7 Å². The number of carboxylic acids is 1. The first-order chi connectivity index (χ1) is 8.35. The van der Waals surface area contributed by atoms with Crippen LogP contribution >= 0.6 is 11.3 Å². The number of rotatable bonds is 6. The Bertz CT molecular complexity index is 551. The Labute approximate surface area is 107 Å². The van der Waals surface area contributed by atoms with E-state index < -0.39 is 21.9 Å². The third-order valence-electron chi connectivity index (χ3n) is 1.88. The molecule has 1 heterocycles. The third kappa shape index (κ3) is 4.05. The molecule has 0 spiro atoms. The van der Waals surface area contributed by atoms with Gasteiger partial charge in [0.05, 0.1) is 5.75 Å². The maximum atomic E-state index is 11.5. The van der Waals surface area contributed by atoms with Gasteiger partial charge in [-0.05, 0) is 7.05 Å². The molecule has 0 aliphatic carbocycles. The summed E-state index contributed by atoms with van der Waals surface area (Å²) >= 11 is 0.881. The van der Waals surface area contributed by atoms with E-state index in [1.165, 1.54) is 12.4 Å². The van der Waals surface area contributed by atoms with Crippen molar-refractivity contribution in [3.8, 4) is 0 Å². The Morgan fingerprint density at radius 3 is 2.67 bits per heavy atom. The quantitative estimate of drug-likeness (QED) is 0.625. The average Bonchev–Trinajstić information content (AvgIpc) is 2.78. The molecular weight excluding hydrogens is 282 g/mol. The van der Waals surface area contributed by atoms with Crippen molar-refractivity contribution in [1.29, 1.82) is 0 Å². The van der Waals surface area contributed by atoms with E-state index in [-0.39, 0.29) is 23.0 Å². The number of carbonyl (C=O) groups is 2. The largest absolute Gasteiger partial charge is 0.476 e. The van der Waals surface area contributed by atoms with E-state index in [0.717, 1.165) is 11.3 Å². The fraction of sp³-hybridized carbons (Fsp3) is 0.375. The van der Waals surface area contributed by atoms with Gasteiger partial charge in [0.2, 0.25) is 10.0 Å². The van der Waals surface area contributed by atoms with Crippen molar-refractivity contribution in [3.63, 3.8) is 0 Å². The molecule has 0 radical (unpaired) electrons. The lowest BCUT2D eigenvalue weighted by molar-refractivity contribution is 0.0691. The highest BCUT2D eigenvalue weighted by atomic mass is 32.2. The molecule has 0 unspecified atom stereocenters. The molecule has 100 valence electrons. The zero-order valence-electron chi connectivity index (χ0n) is 9.34. The number of carbonyl (C=O) groups excluding carboxylic acids is 1. The van der Waals surface area contributed by atoms with Gasteiger partial charge in [-0.1, -0.05) is 0 Å². The maximum absolute atomic E-state index is 11.5. The second-order valence-electron chi connectivity index (χ2n) is 3.12. The van der Waals surface area contributed by atoms with E-state index in [1.54, 1.807) is 0 Å². The minimum atomic E-state index is -3.38. The molecule has 8 nitrogen and oxygen atoms in total. The van der Waals surface area contributed by atoms with Gasteiger partial charge in [-0.3, -0.25) is 4.79 Å². The lowest BCUT2D eigenvalue weighted by atomic mass is 10.5. The molecule has 1 amide bonds. The van der Waals surface area contributed by atoms with Crippen LogP contribution in [-0.2, 0) is 10.0 Å². The summed E-state index contributed by atoms with van der Waals surface area (Å²) in [6.07, 6.45) is 0. The molecule has 10 heteroatoms. The van der Waals surface area contributed by atoms with E-state index >= 15 is 0 Å². The lowest BCUT2D eigenvalue weighted by Crippen LogP contribution is -2.32. The van der Waals surface area contributed by atoms with Crippen LogP contribution < -0.4 is 10.0 Å². The summed E-state index contributed by atoms with van der Waals surface area (Å²) < 4.78 is 24.2. The van der Waals surface area contributed by atoms with Crippen LogP contribution in [0.25, 0.3) is 0 Å². The van der Waals surface area contributed by atoms with E-state index in [2.05, 4.69) is 15.0 Å². The number of carboxylic acid groups (broad SMARTS) is 1. The van der Waals surface area contributed by atoms with Crippen molar-refractivity contribution in [2.24, 2.45) is 0 Å². The van der Waals surface area contributed by atoms with Crippen LogP contribution in [0.4, 0.5) is 0 Å². The molecule has 0 aromatic carbocycles. The number of aromatic nitrogens is 1. The highest BCUT2D eigenvalue weighted by Crippen LogP contribution is 2.09. The van der Waals surface area contributed by atoms with Crippen molar-refractivity contribution in [2.75, 3.05) is 19.3 Å². The van der Waals surface area contributed by atoms with E-state index in [0.29, 0.717) is 0 Å². The fourth-order valence-corrected chi connectivity index (χ4v) is 2.23. The van der Waals surface area contributed by atoms with Crippen LogP contribution in [0.5, 0.6) is 0 Å². The molecule has 1 rings (SSSR count). The molecule has 18 heavy (non-hydrogen) atoms. The molecule has 0 fully saturated rings. The minimum absolute atomic E-state index is 0.0192. The number of nitrogens with one attached hydrogen (secondary N) is 2. The molecule has 0 saturated carbocycles. The summed E-state index contributed by atoms with van der Waals surface area (Å²) in [5.74, 6) is -2.08. The van der Waals surface area contributed by atoms with Gasteiger partial charge in [-0.15, -0.1) is 11.3 Å². The molecule has 0 aliphatic heterocycles. The van der Waals surface area contributed by atoms with Gasteiger partial charge in [-0.25, -0.2) is 22.9 Å². The van der Waals surface area contributed by atoms with Gasteiger partial charge in [0.25, 0.3) is 5.91 Å². The zero-order valence-corrected chi connectivity index (χ0v) is 11.0. The first-order valence-electron chi connectivity index (χ1n) is 4.74. The third-order valence-corrected chi connectivity index (χ3v) is 4.09. The molecule has 1 aromatic heterocycles. The predicted octanol–water partition coefficient (Wildman–Crippen LogP) is -0.880. The second kappa shape index (κ2) is 5.89. The van der Waals surface area contributed by atoms with Crippen LogP contribution in [0.3, 0.4) is 0 Å². The molecular formula is C8H11N3O5S2. The number of sulfonamides is 1. The Morgan fingerprint density at radius 2 is 2.17 bits per heavy atom. The van der Waals surface area contributed by atoms with Crippen molar-refractivity contribution in [3.05, 3.63) is 16.1 Å². The van der Waals surface area contributed by atoms with E-state index in [9.17, 15) is 18.0 Å². The lowest BCUT2D eigenvalue weighted by Gasteiger charge is -2.03. The first-order valence-corrected chi connectivity index (χ1v) is 7.27. The Morgan fingerprint density at radius 1 is 1.50 bits per heavy atom. The van der Waals surface area contributed by atoms with Crippen LogP contribution in [0.15, 0.2) is 5.38 Å². The standard InChI is InChI=1S/C8H11N3O5S2/c1-9-18(15,16)3-2-10-6(12)7-11-5(4-17-7)8(13)14/h4,9H,2-3H2,1H3,(H,10,12)(H,13,14). The molecule has 0 bridgehead atoms. The fourth-order valence-electron chi connectivity index (χ4n) is 0.953. The van der Waals surface area contributed by atoms with Crippen molar-refractivity contribution >= 4 is 33.2 Å². The molecule has 1 aromatic rings. The molecule has 3 N–H and O–H groups in total. The SMILES string of the molecule is CNS(=O)(=O)CCNC(=O)c1nc(C(=O)O)cs1. The van der Waals surface area contributed by atoms with Crippen LogP contribution in [0.1, 0.15) is 20.3 Å². The summed E-state index contributed by atoms with van der Waals surface area (Å²) in [5, 5.41) is 12.2. The van der Waals surface area contributed by atoms with Gasteiger partial charge in [0.1, 0.15) is 0 Å². The van der Waals surface area contributed by atoms with E-state index in [4.69, 9.17) is 5.11 Å². The van der Waals surface area contributed by atoms with Gasteiger partial charge in [-0.2, -0.15) is 0 Å². The predicted molar refractivity (Wildman–Crippen MR) is 64.3 cm³/mol. The van der Waals surface area contributed by atoms with Crippen LogP contribution in [0, 0.1) is 0 Å². The summed E-state index contributed by atoms with van der Waals surface area (Å²) in [6.45, 7) is -0.0794. The number of hydrogen-bond donors (Lipinski definition) is 3. The summed E-state index contributed by atoms with van der Waals surface area (Å²) in [6, 6.07) is 0. The van der Waals surface area contributed by atoms with Crippen LogP contribution in [-0.4, -0.2) is 49.7 Å². The second-order valence-corrected chi connectivity index (χ2v) is 6.03. The first kappa shape index (κ1) is 14.5.